The summed E-state index contributed by atoms with van der Waals surface area (Å²) < 4.78 is 6.17. The lowest BCUT2D eigenvalue weighted by Crippen LogP contribution is -2.51. The molecule has 8 atom stereocenters. The van der Waals surface area contributed by atoms with Gasteiger partial charge in [-0.05, 0) is 131 Å². The Kier molecular flexibility index (Phi) is 8.71. The van der Waals surface area contributed by atoms with E-state index < -0.39 is 0 Å². The van der Waals surface area contributed by atoms with Gasteiger partial charge in [0.2, 0.25) is 0 Å². The summed E-state index contributed by atoms with van der Waals surface area (Å²) in [6.07, 6.45) is 20.4. The molecule has 0 saturated heterocycles. The normalized spacial score (nSPS) is 33.1. The molecule has 3 aromatic rings. The highest BCUT2D eigenvalue weighted by molar-refractivity contribution is 6.08. The first-order valence-corrected chi connectivity index (χ1v) is 18.7. The predicted molar refractivity (Wildman–Crippen MR) is 193 cm³/mol. The molecule has 0 aromatic heterocycles. The van der Waals surface area contributed by atoms with Crippen molar-refractivity contribution in [2.45, 2.75) is 111 Å². The average Bonchev–Trinajstić information content (AvgIpc) is 3.40. The van der Waals surface area contributed by atoms with Gasteiger partial charge in [0, 0.05) is 12.5 Å². The lowest BCUT2D eigenvalue weighted by Gasteiger charge is -2.58. The molecule has 3 saturated carbocycles. The van der Waals surface area contributed by atoms with Gasteiger partial charge in [-0.25, -0.2) is 4.79 Å². The molecule has 4 aliphatic carbocycles. The van der Waals surface area contributed by atoms with E-state index in [1.54, 1.807) is 11.6 Å². The Labute approximate surface area is 278 Å². The highest BCUT2D eigenvalue weighted by Gasteiger charge is 2.59. The highest BCUT2D eigenvalue weighted by Crippen LogP contribution is 2.67. The number of carbonyl (C=O) groups excluding carboxylic acids is 1. The van der Waals surface area contributed by atoms with Crippen molar-refractivity contribution in [3.63, 3.8) is 0 Å². The van der Waals surface area contributed by atoms with Crippen molar-refractivity contribution < 1.29 is 9.53 Å². The van der Waals surface area contributed by atoms with E-state index in [0.29, 0.717) is 5.41 Å². The lowest BCUT2D eigenvalue weighted by atomic mass is 9.47. The summed E-state index contributed by atoms with van der Waals surface area (Å²) >= 11 is 0. The molecular formula is C44H56O2. The summed E-state index contributed by atoms with van der Waals surface area (Å²) in [6, 6.07) is 19.1. The van der Waals surface area contributed by atoms with Crippen LogP contribution in [0, 0.1) is 46.3 Å². The van der Waals surface area contributed by atoms with Crippen molar-refractivity contribution in [2.24, 2.45) is 46.3 Å². The van der Waals surface area contributed by atoms with Crippen molar-refractivity contribution in [3.05, 3.63) is 77.9 Å². The fraction of sp³-hybridized carbons (Fsp3) is 0.568. The molecule has 244 valence electrons. The summed E-state index contributed by atoms with van der Waals surface area (Å²) in [5.74, 6) is 4.86. The smallest absolute Gasteiger partial charge is 0.331 e. The van der Waals surface area contributed by atoms with Crippen molar-refractivity contribution in [2.75, 3.05) is 0 Å². The second-order valence-corrected chi connectivity index (χ2v) is 16.7. The Balaban J connectivity index is 1.02. The van der Waals surface area contributed by atoms with Crippen molar-refractivity contribution in [1.29, 1.82) is 0 Å². The van der Waals surface area contributed by atoms with Gasteiger partial charge in [-0.1, -0.05) is 114 Å². The number of hydrogen-bond donors (Lipinski definition) is 0. The second kappa shape index (κ2) is 12.6. The van der Waals surface area contributed by atoms with E-state index in [9.17, 15) is 4.79 Å². The van der Waals surface area contributed by atoms with Gasteiger partial charge < -0.3 is 4.74 Å². The quantitative estimate of drug-likeness (QED) is 0.109. The van der Waals surface area contributed by atoms with Crippen LogP contribution in [0.15, 0.2) is 72.3 Å². The van der Waals surface area contributed by atoms with Crippen LogP contribution in [0.1, 0.15) is 111 Å². The maximum Gasteiger partial charge on any atom is 0.331 e. The first-order chi connectivity index (χ1) is 22.2. The standard InChI is InChI=1S/C44H56O2/c1-29(2)11-10-12-30(3)39-20-21-40-38-18-17-33-28-34(23-25-43(33,4)41(38)24-26-44(39,40)5)46-42(45)22-19-37-35-15-8-6-13-31(35)27-32-14-7-9-16-36(32)37/h6-9,13-17,19,22,27,29-30,34,38-41H,10-12,18,20-21,23-26,28H2,1-5H3. The van der Waals surface area contributed by atoms with Gasteiger partial charge in [0.05, 0.1) is 0 Å². The molecule has 0 aliphatic heterocycles. The molecule has 2 heteroatoms. The number of rotatable bonds is 8. The second-order valence-electron chi connectivity index (χ2n) is 16.7. The molecule has 4 aliphatic rings. The number of fused-ring (bicyclic) bond motifs is 7. The van der Waals surface area contributed by atoms with Crippen LogP contribution in [0.3, 0.4) is 0 Å². The van der Waals surface area contributed by atoms with Crippen LogP contribution in [0.5, 0.6) is 0 Å². The molecule has 0 radical (unpaired) electrons. The number of ether oxygens (including phenoxy) is 1. The van der Waals surface area contributed by atoms with Crippen LogP contribution in [0.25, 0.3) is 27.6 Å². The fourth-order valence-corrected chi connectivity index (χ4v) is 11.3. The van der Waals surface area contributed by atoms with Crippen LogP contribution < -0.4 is 0 Å². The van der Waals surface area contributed by atoms with E-state index in [2.05, 4.69) is 95.3 Å². The monoisotopic (exact) mass is 616 g/mol. The summed E-state index contributed by atoms with van der Waals surface area (Å²) in [4.78, 5) is 13.2. The van der Waals surface area contributed by atoms with Crippen molar-refractivity contribution in [3.8, 4) is 0 Å². The van der Waals surface area contributed by atoms with Crippen molar-refractivity contribution in [1.82, 2.24) is 0 Å². The third-order valence-electron chi connectivity index (χ3n) is 13.7. The average molecular weight is 617 g/mol. The van der Waals surface area contributed by atoms with E-state index in [1.165, 1.54) is 72.9 Å². The molecule has 3 aromatic carbocycles. The van der Waals surface area contributed by atoms with Crippen LogP contribution in [0.2, 0.25) is 0 Å². The summed E-state index contributed by atoms with van der Waals surface area (Å²) in [5.41, 5.74) is 3.47. The van der Waals surface area contributed by atoms with E-state index in [4.69, 9.17) is 4.74 Å². The van der Waals surface area contributed by atoms with Crippen LogP contribution in [-0.4, -0.2) is 12.1 Å². The predicted octanol–water partition coefficient (Wildman–Crippen LogP) is 12.0. The zero-order valence-corrected chi connectivity index (χ0v) is 29.1. The Hall–Kier alpha value is -2.87. The lowest BCUT2D eigenvalue weighted by molar-refractivity contribution is -0.145. The third kappa shape index (κ3) is 5.67. The summed E-state index contributed by atoms with van der Waals surface area (Å²) in [5, 5.41) is 4.71. The minimum absolute atomic E-state index is 0.0197. The number of allylic oxidation sites excluding steroid dienone is 1. The molecule has 0 bridgehead atoms. The van der Waals surface area contributed by atoms with Gasteiger partial charge >= 0.3 is 5.97 Å². The first kappa shape index (κ1) is 31.7. The Bertz CT molecular complexity index is 1590. The fourth-order valence-electron chi connectivity index (χ4n) is 11.3. The molecule has 7 rings (SSSR count). The van der Waals surface area contributed by atoms with Crippen LogP contribution in [0.4, 0.5) is 0 Å². The first-order valence-electron chi connectivity index (χ1n) is 18.7. The van der Waals surface area contributed by atoms with E-state index in [-0.39, 0.29) is 17.5 Å². The van der Waals surface area contributed by atoms with Crippen LogP contribution in [-0.2, 0) is 9.53 Å². The Morgan fingerprint density at radius 3 is 2.33 bits per heavy atom. The molecule has 0 heterocycles. The topological polar surface area (TPSA) is 26.3 Å². The third-order valence-corrected chi connectivity index (χ3v) is 13.7. The van der Waals surface area contributed by atoms with E-state index >= 15 is 0 Å². The van der Waals surface area contributed by atoms with Gasteiger partial charge in [-0.2, -0.15) is 0 Å². The maximum atomic E-state index is 13.2. The maximum absolute atomic E-state index is 13.2. The van der Waals surface area contributed by atoms with Gasteiger partial charge in [0.25, 0.3) is 0 Å². The number of hydrogen-bond acceptors (Lipinski definition) is 2. The number of carbonyl (C=O) groups is 1. The number of esters is 1. The number of benzene rings is 3. The van der Waals surface area contributed by atoms with Gasteiger partial charge in [-0.3, -0.25) is 0 Å². The Morgan fingerprint density at radius 1 is 0.891 bits per heavy atom. The molecule has 0 amide bonds. The molecule has 2 nitrogen and oxygen atoms in total. The summed E-state index contributed by atoms with van der Waals surface area (Å²) in [7, 11) is 0. The molecule has 8 unspecified atom stereocenters. The zero-order chi connectivity index (χ0) is 32.1. The van der Waals surface area contributed by atoms with Gasteiger partial charge in [0.1, 0.15) is 6.10 Å². The molecular weight excluding hydrogens is 560 g/mol. The minimum atomic E-state index is -0.215. The van der Waals surface area contributed by atoms with Crippen molar-refractivity contribution >= 4 is 33.6 Å². The Morgan fingerprint density at radius 2 is 1.61 bits per heavy atom. The van der Waals surface area contributed by atoms with Crippen LogP contribution >= 0.6 is 0 Å². The largest absolute Gasteiger partial charge is 0.459 e. The molecule has 46 heavy (non-hydrogen) atoms. The van der Waals surface area contributed by atoms with E-state index in [1.807, 2.05) is 6.08 Å². The van der Waals surface area contributed by atoms with Gasteiger partial charge in [-0.15, -0.1) is 0 Å². The highest BCUT2D eigenvalue weighted by atomic mass is 16.5. The zero-order valence-electron chi connectivity index (χ0n) is 29.1. The molecule has 3 fully saturated rings. The van der Waals surface area contributed by atoms with E-state index in [0.717, 1.165) is 60.3 Å². The SMILES string of the molecule is CC(C)CCCC(C)C1CCC2C3CC=C4CC(OC(=O)C=Cc5c6ccccc6cc6ccccc56)CCC4(C)C3CCC12C. The summed E-state index contributed by atoms with van der Waals surface area (Å²) in [6.45, 7) is 12.6. The minimum Gasteiger partial charge on any atom is -0.459 e. The van der Waals surface area contributed by atoms with Gasteiger partial charge in [0.15, 0.2) is 0 Å². The molecule has 0 spiro atoms. The molecule has 0 N–H and O–H groups in total.